The molecule has 0 fully saturated rings. The van der Waals surface area contributed by atoms with Gasteiger partial charge in [-0.3, -0.25) is 0 Å². The van der Waals surface area contributed by atoms with Gasteiger partial charge < -0.3 is 5.11 Å². The van der Waals surface area contributed by atoms with Crippen LogP contribution in [0.1, 0.15) is 6.92 Å². The van der Waals surface area contributed by atoms with Gasteiger partial charge in [-0.2, -0.15) is 0 Å². The summed E-state index contributed by atoms with van der Waals surface area (Å²) < 4.78 is 0. The maximum absolute atomic E-state index is 8.34. The fraction of sp³-hybridized carbons (Fsp3) is 0.250. The van der Waals surface area contributed by atoms with Gasteiger partial charge in [-0.15, -0.1) is 0 Å². The molecule has 0 radical (unpaired) electrons. The second-order valence-corrected chi connectivity index (χ2v) is 1.73. The quantitative estimate of drug-likeness (QED) is 0.567. The Morgan fingerprint density at radius 1 is 1.67 bits per heavy atom. The molecule has 0 saturated carbocycles. The molecule has 0 heterocycles. The molecule has 1 N–H and O–H groups in total. The number of rotatable bonds is 3. The zero-order chi connectivity index (χ0) is 7.11. The molecule has 0 aliphatic rings. The van der Waals surface area contributed by atoms with E-state index in [1.165, 1.54) is 0 Å². The maximum Gasteiger partial charge on any atom is 0.0615 e. The molecule has 0 spiro atoms. The minimum absolute atomic E-state index is 0.0995. The minimum Gasteiger partial charge on any atom is -0.392 e. The number of hydrogen-bond acceptors (Lipinski definition) is 1. The number of aliphatic hydroxyl groups excluding tert-OH is 1. The second kappa shape index (κ2) is 5.32. The van der Waals surface area contributed by atoms with Crippen molar-refractivity contribution in [3.8, 4) is 0 Å². The normalized spacial score (nSPS) is 12.4. The highest BCUT2D eigenvalue weighted by molar-refractivity contribution is 5.20. The molecule has 9 heavy (non-hydrogen) atoms. The third-order valence-electron chi connectivity index (χ3n) is 0.867. The van der Waals surface area contributed by atoms with Crippen molar-refractivity contribution >= 4 is 0 Å². The lowest BCUT2D eigenvalue weighted by Gasteiger charge is -1.84. The number of allylic oxidation sites excluding steroid dienone is 4. The average Bonchev–Trinajstić information content (AvgIpc) is 1.85. The van der Waals surface area contributed by atoms with E-state index in [0.29, 0.717) is 0 Å². The molecule has 0 aliphatic heterocycles. The van der Waals surface area contributed by atoms with Gasteiger partial charge in [-0.25, -0.2) is 0 Å². The van der Waals surface area contributed by atoms with Gasteiger partial charge >= 0.3 is 0 Å². The van der Waals surface area contributed by atoms with E-state index in [9.17, 15) is 0 Å². The molecule has 0 rings (SSSR count). The van der Waals surface area contributed by atoms with Crippen LogP contribution in [0.25, 0.3) is 0 Å². The van der Waals surface area contributed by atoms with E-state index in [1.54, 1.807) is 12.2 Å². The van der Waals surface area contributed by atoms with Crippen LogP contribution in [-0.2, 0) is 0 Å². The number of aliphatic hydroxyl groups is 1. The predicted molar refractivity (Wildman–Crippen MR) is 40.2 cm³/mol. The van der Waals surface area contributed by atoms with Crippen LogP contribution in [0.15, 0.2) is 36.5 Å². The number of hydrogen-bond donors (Lipinski definition) is 1. The van der Waals surface area contributed by atoms with Gasteiger partial charge in [0, 0.05) is 0 Å². The van der Waals surface area contributed by atoms with Crippen molar-refractivity contribution in [1.29, 1.82) is 0 Å². The Morgan fingerprint density at radius 2 is 2.33 bits per heavy atom. The standard InChI is InChI=1S/C8H12O/c1-3-5-8(2)6-4-7-9/h3-6,9H,1,7H2,2H3/b6-4-,8-5-. The van der Waals surface area contributed by atoms with Crippen molar-refractivity contribution in [3.05, 3.63) is 36.5 Å². The molecule has 0 saturated heterocycles. The highest BCUT2D eigenvalue weighted by Gasteiger charge is 1.74. The fourth-order valence-corrected chi connectivity index (χ4v) is 0.480. The van der Waals surface area contributed by atoms with Crippen molar-refractivity contribution in [1.82, 2.24) is 0 Å². The first-order chi connectivity index (χ1) is 4.31. The van der Waals surface area contributed by atoms with Crippen LogP contribution in [0, 0.1) is 0 Å². The molecule has 0 bridgehead atoms. The monoisotopic (exact) mass is 124 g/mol. The summed E-state index contributed by atoms with van der Waals surface area (Å²) in [4.78, 5) is 0. The van der Waals surface area contributed by atoms with Crippen LogP contribution in [-0.4, -0.2) is 11.7 Å². The molecule has 0 aromatic heterocycles. The van der Waals surface area contributed by atoms with E-state index in [0.717, 1.165) is 5.57 Å². The SMILES string of the molecule is C=C/C=C(C)\C=C/CO. The largest absolute Gasteiger partial charge is 0.392 e. The van der Waals surface area contributed by atoms with Crippen LogP contribution in [0.2, 0.25) is 0 Å². The van der Waals surface area contributed by atoms with Crippen molar-refractivity contribution in [2.45, 2.75) is 6.92 Å². The van der Waals surface area contributed by atoms with Gasteiger partial charge in [0.05, 0.1) is 6.61 Å². The summed E-state index contributed by atoms with van der Waals surface area (Å²) in [5.74, 6) is 0. The Balaban J connectivity index is 3.74. The Hall–Kier alpha value is -0.820. The van der Waals surface area contributed by atoms with Gasteiger partial charge in [0.1, 0.15) is 0 Å². The Morgan fingerprint density at radius 3 is 2.78 bits per heavy atom. The molecule has 0 aliphatic carbocycles. The van der Waals surface area contributed by atoms with Crippen molar-refractivity contribution < 1.29 is 5.11 Å². The molecule has 0 amide bonds. The van der Waals surface area contributed by atoms with Crippen LogP contribution in [0.3, 0.4) is 0 Å². The lowest BCUT2D eigenvalue weighted by Crippen LogP contribution is -1.71. The summed E-state index contributed by atoms with van der Waals surface area (Å²) in [5, 5.41) is 8.34. The van der Waals surface area contributed by atoms with Gasteiger partial charge in [0.15, 0.2) is 0 Å². The summed E-state index contributed by atoms with van der Waals surface area (Å²) in [6.07, 6.45) is 7.14. The van der Waals surface area contributed by atoms with E-state index in [2.05, 4.69) is 6.58 Å². The smallest absolute Gasteiger partial charge is 0.0615 e. The van der Waals surface area contributed by atoms with E-state index < -0.39 is 0 Å². The van der Waals surface area contributed by atoms with E-state index in [-0.39, 0.29) is 6.61 Å². The first kappa shape index (κ1) is 8.18. The van der Waals surface area contributed by atoms with Gasteiger partial charge in [-0.05, 0) is 6.92 Å². The molecular weight excluding hydrogens is 112 g/mol. The average molecular weight is 124 g/mol. The minimum atomic E-state index is 0.0995. The molecule has 0 unspecified atom stereocenters. The van der Waals surface area contributed by atoms with Gasteiger partial charge in [0.25, 0.3) is 0 Å². The summed E-state index contributed by atoms with van der Waals surface area (Å²) >= 11 is 0. The summed E-state index contributed by atoms with van der Waals surface area (Å²) in [6.45, 7) is 5.59. The summed E-state index contributed by atoms with van der Waals surface area (Å²) in [5.41, 5.74) is 1.10. The second-order valence-electron chi connectivity index (χ2n) is 1.73. The Labute approximate surface area is 56.0 Å². The lowest BCUT2D eigenvalue weighted by atomic mass is 10.2. The Bertz CT molecular complexity index is 132. The van der Waals surface area contributed by atoms with Crippen LogP contribution in [0.5, 0.6) is 0 Å². The molecule has 50 valence electrons. The van der Waals surface area contributed by atoms with Crippen LogP contribution >= 0.6 is 0 Å². The van der Waals surface area contributed by atoms with E-state index in [1.807, 2.05) is 19.1 Å². The highest BCUT2D eigenvalue weighted by atomic mass is 16.2. The lowest BCUT2D eigenvalue weighted by molar-refractivity contribution is 0.342. The Kier molecular flexibility index (Phi) is 4.83. The predicted octanol–water partition coefficient (Wildman–Crippen LogP) is 1.67. The van der Waals surface area contributed by atoms with Crippen LogP contribution < -0.4 is 0 Å². The first-order valence-corrected chi connectivity index (χ1v) is 2.88. The molecule has 0 aromatic carbocycles. The maximum atomic E-state index is 8.34. The van der Waals surface area contributed by atoms with Crippen molar-refractivity contribution in [2.75, 3.05) is 6.61 Å². The highest BCUT2D eigenvalue weighted by Crippen LogP contribution is 1.93. The van der Waals surface area contributed by atoms with Crippen molar-refractivity contribution in [2.24, 2.45) is 0 Å². The third kappa shape index (κ3) is 5.04. The zero-order valence-electron chi connectivity index (χ0n) is 5.67. The van der Waals surface area contributed by atoms with E-state index >= 15 is 0 Å². The topological polar surface area (TPSA) is 20.2 Å². The van der Waals surface area contributed by atoms with Crippen LogP contribution in [0.4, 0.5) is 0 Å². The summed E-state index contributed by atoms with van der Waals surface area (Å²) in [7, 11) is 0. The molecule has 1 heteroatoms. The van der Waals surface area contributed by atoms with Gasteiger partial charge in [-0.1, -0.05) is 36.5 Å². The zero-order valence-corrected chi connectivity index (χ0v) is 5.67. The molecule has 0 aromatic rings. The van der Waals surface area contributed by atoms with Crippen molar-refractivity contribution in [3.63, 3.8) is 0 Å². The molecule has 1 nitrogen and oxygen atoms in total. The first-order valence-electron chi connectivity index (χ1n) is 2.88. The fourth-order valence-electron chi connectivity index (χ4n) is 0.480. The summed E-state index contributed by atoms with van der Waals surface area (Å²) in [6, 6.07) is 0. The molecular formula is C8H12O. The molecule has 0 atom stereocenters. The third-order valence-corrected chi connectivity index (χ3v) is 0.867. The van der Waals surface area contributed by atoms with E-state index in [4.69, 9.17) is 5.11 Å². The van der Waals surface area contributed by atoms with Gasteiger partial charge in [0.2, 0.25) is 0 Å².